The van der Waals surface area contributed by atoms with Crippen LogP contribution in [-0.2, 0) is 6.54 Å². The van der Waals surface area contributed by atoms with Crippen molar-refractivity contribution in [3.05, 3.63) is 35.1 Å². The second kappa shape index (κ2) is 5.45. The molecule has 0 aromatic heterocycles. The largest absolute Gasteiger partial charge is 0.309 e. The van der Waals surface area contributed by atoms with Gasteiger partial charge in [0.2, 0.25) is 0 Å². The van der Waals surface area contributed by atoms with E-state index in [1.54, 1.807) is 12.1 Å². The molecule has 1 saturated heterocycles. The molecule has 112 valence electrons. The van der Waals surface area contributed by atoms with Gasteiger partial charge in [-0.3, -0.25) is 4.90 Å². The number of piperazine rings is 1. The molecule has 0 aliphatic carbocycles. The Morgan fingerprint density at radius 2 is 2.00 bits per heavy atom. The Kier molecular flexibility index (Phi) is 4.22. The van der Waals surface area contributed by atoms with E-state index in [1.807, 2.05) is 6.07 Å². The average Bonchev–Trinajstić information content (AvgIpc) is 2.38. The molecule has 1 aromatic rings. The molecule has 0 spiro atoms. The highest BCUT2D eigenvalue weighted by molar-refractivity contribution is 5.27. The van der Waals surface area contributed by atoms with E-state index in [-0.39, 0.29) is 16.9 Å². The minimum absolute atomic E-state index is 0.107. The van der Waals surface area contributed by atoms with Crippen molar-refractivity contribution in [2.24, 2.45) is 0 Å². The van der Waals surface area contributed by atoms with E-state index < -0.39 is 0 Å². The molecule has 0 saturated carbocycles. The second-order valence-corrected chi connectivity index (χ2v) is 7.01. The summed E-state index contributed by atoms with van der Waals surface area (Å²) in [5.74, 6) is -0.141. The smallest absolute Gasteiger partial charge is 0.123 e. The minimum atomic E-state index is -0.141. The van der Waals surface area contributed by atoms with Crippen molar-refractivity contribution >= 4 is 0 Å². The van der Waals surface area contributed by atoms with Gasteiger partial charge in [0.15, 0.2) is 0 Å². The summed E-state index contributed by atoms with van der Waals surface area (Å²) in [6.07, 6.45) is 1.09. The zero-order valence-corrected chi connectivity index (χ0v) is 13.4. The minimum Gasteiger partial charge on any atom is -0.309 e. The van der Waals surface area contributed by atoms with Crippen molar-refractivity contribution < 1.29 is 4.39 Å². The van der Waals surface area contributed by atoms with E-state index >= 15 is 0 Å². The Morgan fingerprint density at radius 3 is 2.65 bits per heavy atom. The third-order valence-corrected chi connectivity index (χ3v) is 4.73. The Morgan fingerprint density at radius 1 is 1.30 bits per heavy atom. The van der Waals surface area contributed by atoms with Gasteiger partial charge >= 0.3 is 0 Å². The number of aryl methyl sites for hydroxylation is 1. The first-order valence-corrected chi connectivity index (χ1v) is 7.51. The third-order valence-electron chi connectivity index (χ3n) is 4.73. The first-order chi connectivity index (χ1) is 9.26. The summed E-state index contributed by atoms with van der Waals surface area (Å²) in [6, 6.07) is 5.10. The van der Waals surface area contributed by atoms with Gasteiger partial charge in [-0.2, -0.15) is 0 Å². The van der Waals surface area contributed by atoms with Crippen LogP contribution < -0.4 is 5.32 Å². The fraction of sp³-hybridized carbons (Fsp3) is 0.647. The van der Waals surface area contributed by atoms with Crippen LogP contribution in [0.15, 0.2) is 18.2 Å². The van der Waals surface area contributed by atoms with E-state index in [1.165, 1.54) is 5.56 Å². The summed E-state index contributed by atoms with van der Waals surface area (Å²) in [4.78, 5) is 2.51. The van der Waals surface area contributed by atoms with Crippen molar-refractivity contribution in [3.8, 4) is 0 Å². The summed E-state index contributed by atoms with van der Waals surface area (Å²) in [5, 5.41) is 3.63. The predicted octanol–water partition coefficient (Wildman–Crippen LogP) is 3.49. The van der Waals surface area contributed by atoms with Gasteiger partial charge in [-0.1, -0.05) is 13.0 Å². The summed E-state index contributed by atoms with van der Waals surface area (Å²) < 4.78 is 13.5. The number of benzene rings is 1. The SMILES string of the molecule is CCC1(C)CNC(C)(C)CN1Cc1cc(F)ccc1C. The highest BCUT2D eigenvalue weighted by atomic mass is 19.1. The number of halogens is 1. The zero-order chi connectivity index (χ0) is 15.0. The lowest BCUT2D eigenvalue weighted by atomic mass is 9.87. The molecule has 2 rings (SSSR count). The van der Waals surface area contributed by atoms with Crippen LogP contribution in [0.5, 0.6) is 0 Å². The molecule has 20 heavy (non-hydrogen) atoms. The molecule has 3 heteroatoms. The van der Waals surface area contributed by atoms with Crippen LogP contribution in [0.2, 0.25) is 0 Å². The fourth-order valence-electron chi connectivity index (χ4n) is 2.88. The first kappa shape index (κ1) is 15.5. The average molecular weight is 278 g/mol. The molecule has 1 heterocycles. The van der Waals surface area contributed by atoms with Crippen molar-refractivity contribution in [1.82, 2.24) is 10.2 Å². The second-order valence-electron chi connectivity index (χ2n) is 7.01. The monoisotopic (exact) mass is 278 g/mol. The van der Waals surface area contributed by atoms with Crippen LogP contribution in [0.25, 0.3) is 0 Å². The molecule has 1 aliphatic rings. The summed E-state index contributed by atoms with van der Waals surface area (Å²) in [7, 11) is 0. The van der Waals surface area contributed by atoms with Gasteiger partial charge < -0.3 is 5.32 Å². The van der Waals surface area contributed by atoms with Gasteiger partial charge in [-0.25, -0.2) is 4.39 Å². The van der Waals surface area contributed by atoms with Gasteiger partial charge in [0, 0.05) is 30.7 Å². The van der Waals surface area contributed by atoms with Crippen LogP contribution in [0, 0.1) is 12.7 Å². The van der Waals surface area contributed by atoms with Crippen LogP contribution in [0.4, 0.5) is 4.39 Å². The summed E-state index contributed by atoms with van der Waals surface area (Å²) >= 11 is 0. The number of nitrogens with one attached hydrogen (secondary N) is 1. The van der Waals surface area contributed by atoms with Crippen molar-refractivity contribution in [1.29, 1.82) is 0 Å². The third kappa shape index (κ3) is 3.21. The van der Waals surface area contributed by atoms with Gasteiger partial charge in [0.25, 0.3) is 0 Å². The Labute approximate surface area is 122 Å². The molecule has 1 atom stereocenters. The molecule has 1 unspecified atom stereocenters. The van der Waals surface area contributed by atoms with Gasteiger partial charge in [0.1, 0.15) is 5.82 Å². The lowest BCUT2D eigenvalue weighted by Crippen LogP contribution is -2.66. The first-order valence-electron chi connectivity index (χ1n) is 7.51. The highest BCUT2D eigenvalue weighted by Crippen LogP contribution is 2.29. The molecule has 0 amide bonds. The molecule has 1 aromatic carbocycles. The van der Waals surface area contributed by atoms with Crippen molar-refractivity contribution in [2.75, 3.05) is 13.1 Å². The Balaban J connectivity index is 2.25. The molecule has 1 fully saturated rings. The number of hydrogen-bond donors (Lipinski definition) is 1. The van der Waals surface area contributed by atoms with Crippen LogP contribution in [0.3, 0.4) is 0 Å². The fourth-order valence-corrected chi connectivity index (χ4v) is 2.88. The maximum absolute atomic E-state index is 13.5. The lowest BCUT2D eigenvalue weighted by molar-refractivity contribution is 0.0173. The molecule has 2 nitrogen and oxygen atoms in total. The maximum Gasteiger partial charge on any atom is 0.123 e. The summed E-state index contributed by atoms with van der Waals surface area (Å²) in [6.45, 7) is 13.8. The predicted molar refractivity (Wildman–Crippen MR) is 82.3 cm³/mol. The molecule has 0 radical (unpaired) electrons. The molecular formula is C17H27FN2. The maximum atomic E-state index is 13.5. The Hall–Kier alpha value is -0.930. The van der Waals surface area contributed by atoms with E-state index in [0.717, 1.165) is 31.6 Å². The molecule has 0 bridgehead atoms. The topological polar surface area (TPSA) is 15.3 Å². The van der Waals surface area contributed by atoms with Crippen LogP contribution >= 0.6 is 0 Å². The highest BCUT2D eigenvalue weighted by Gasteiger charge is 2.39. The van der Waals surface area contributed by atoms with Gasteiger partial charge in [-0.05, 0) is 57.4 Å². The van der Waals surface area contributed by atoms with E-state index in [0.29, 0.717) is 0 Å². The zero-order valence-electron chi connectivity index (χ0n) is 13.4. The van der Waals surface area contributed by atoms with E-state index in [9.17, 15) is 4.39 Å². The summed E-state index contributed by atoms with van der Waals surface area (Å²) in [5.41, 5.74) is 2.51. The Bertz CT molecular complexity index is 484. The van der Waals surface area contributed by atoms with Gasteiger partial charge in [0.05, 0.1) is 0 Å². The quantitative estimate of drug-likeness (QED) is 0.910. The molecule has 1 aliphatic heterocycles. The van der Waals surface area contributed by atoms with Gasteiger partial charge in [-0.15, -0.1) is 0 Å². The van der Waals surface area contributed by atoms with E-state index in [4.69, 9.17) is 0 Å². The molecule has 1 N–H and O–H groups in total. The normalized spacial score (nSPS) is 26.7. The molecular weight excluding hydrogens is 251 g/mol. The number of hydrogen-bond acceptors (Lipinski definition) is 2. The number of rotatable bonds is 3. The standard InChI is InChI=1S/C17H27FN2/c1-6-17(5)11-19-16(3,4)12-20(17)10-14-9-15(18)8-7-13(14)2/h7-9,19H,6,10-12H2,1-5H3. The van der Waals surface area contributed by atoms with Crippen LogP contribution in [0.1, 0.15) is 45.2 Å². The van der Waals surface area contributed by atoms with Crippen molar-refractivity contribution in [2.45, 2.75) is 58.7 Å². The lowest BCUT2D eigenvalue weighted by Gasteiger charge is -2.51. The number of nitrogens with zero attached hydrogens (tertiary/aromatic N) is 1. The van der Waals surface area contributed by atoms with E-state index in [2.05, 4.69) is 44.8 Å². The van der Waals surface area contributed by atoms with Crippen LogP contribution in [-0.4, -0.2) is 29.1 Å². The van der Waals surface area contributed by atoms with Crippen molar-refractivity contribution in [3.63, 3.8) is 0 Å².